The Morgan fingerprint density at radius 2 is 1.50 bits per heavy atom. The van der Waals surface area contributed by atoms with E-state index in [0.717, 1.165) is 48.3 Å². The molecule has 1 unspecified atom stereocenters. The third kappa shape index (κ3) is 3.97. The van der Waals surface area contributed by atoms with Crippen molar-refractivity contribution in [2.45, 2.75) is 57.5 Å². The van der Waals surface area contributed by atoms with Gasteiger partial charge in [-0.3, -0.25) is 0 Å². The molecule has 0 saturated heterocycles. The van der Waals surface area contributed by atoms with E-state index in [9.17, 15) is 17.6 Å². The second kappa shape index (κ2) is 7.53. The van der Waals surface area contributed by atoms with Gasteiger partial charge in [-0.2, -0.15) is 13.2 Å². The highest BCUT2D eigenvalue weighted by Gasteiger charge is 2.35. The fourth-order valence-corrected chi connectivity index (χ4v) is 5.28. The van der Waals surface area contributed by atoms with Gasteiger partial charge in [0.05, 0.1) is 5.56 Å². The lowest BCUT2D eigenvalue weighted by molar-refractivity contribution is -0.137. The molecular formula is C24H26F4. The van der Waals surface area contributed by atoms with Crippen LogP contribution in [0.3, 0.4) is 0 Å². The third-order valence-corrected chi connectivity index (χ3v) is 6.86. The first-order valence-corrected chi connectivity index (χ1v) is 10.3. The second-order valence-electron chi connectivity index (χ2n) is 8.76. The molecule has 2 aliphatic rings. The number of hydrogen-bond acceptors (Lipinski definition) is 0. The predicted molar refractivity (Wildman–Crippen MR) is 103 cm³/mol. The maximum atomic E-state index is 14.8. The van der Waals surface area contributed by atoms with Gasteiger partial charge in [-0.05, 0) is 85.1 Å². The van der Waals surface area contributed by atoms with Crippen LogP contribution in [0.1, 0.15) is 62.5 Å². The minimum atomic E-state index is -4.38. The van der Waals surface area contributed by atoms with E-state index < -0.39 is 11.7 Å². The molecule has 0 amide bonds. The van der Waals surface area contributed by atoms with Crippen molar-refractivity contribution in [2.24, 2.45) is 17.8 Å². The summed E-state index contributed by atoms with van der Waals surface area (Å²) in [6, 6.07) is 9.99. The van der Waals surface area contributed by atoms with Crippen LogP contribution in [0.15, 0.2) is 42.5 Å². The van der Waals surface area contributed by atoms with E-state index in [2.05, 4.69) is 6.92 Å². The molecule has 4 rings (SSSR count). The van der Waals surface area contributed by atoms with Gasteiger partial charge in [0.1, 0.15) is 5.82 Å². The molecule has 0 N–H and O–H groups in total. The zero-order valence-corrected chi connectivity index (χ0v) is 16.1. The number of benzene rings is 2. The monoisotopic (exact) mass is 390 g/mol. The van der Waals surface area contributed by atoms with Crippen molar-refractivity contribution in [1.29, 1.82) is 0 Å². The summed E-state index contributed by atoms with van der Waals surface area (Å²) in [5.41, 5.74) is 1.15. The van der Waals surface area contributed by atoms with Crippen LogP contribution in [-0.2, 0) is 6.18 Å². The predicted octanol–water partition coefficient (Wildman–Crippen LogP) is 7.83. The van der Waals surface area contributed by atoms with E-state index in [0.29, 0.717) is 17.0 Å². The van der Waals surface area contributed by atoms with Crippen LogP contribution in [0.2, 0.25) is 0 Å². The van der Waals surface area contributed by atoms with Crippen LogP contribution >= 0.6 is 0 Å². The zero-order chi connectivity index (χ0) is 19.9. The lowest BCUT2D eigenvalue weighted by Crippen LogP contribution is -2.29. The summed E-state index contributed by atoms with van der Waals surface area (Å²) >= 11 is 0. The molecule has 28 heavy (non-hydrogen) atoms. The average Bonchev–Trinajstić information content (AvgIpc) is 2.67. The lowest BCUT2D eigenvalue weighted by Gasteiger charge is -2.41. The Morgan fingerprint density at radius 1 is 0.821 bits per heavy atom. The van der Waals surface area contributed by atoms with Crippen LogP contribution in [0.25, 0.3) is 11.1 Å². The molecular weight excluding hydrogens is 364 g/mol. The molecule has 0 nitrogen and oxygen atoms in total. The van der Waals surface area contributed by atoms with E-state index in [1.165, 1.54) is 37.8 Å². The van der Waals surface area contributed by atoms with Crippen molar-refractivity contribution in [3.05, 3.63) is 59.4 Å². The normalized spacial score (nSPS) is 28.0. The second-order valence-corrected chi connectivity index (χ2v) is 8.76. The Kier molecular flexibility index (Phi) is 5.24. The summed E-state index contributed by atoms with van der Waals surface area (Å²) in [6.45, 7) is 2.34. The summed E-state index contributed by atoms with van der Waals surface area (Å²) in [5.74, 6) is 2.46. The number of alkyl halides is 3. The van der Waals surface area contributed by atoms with Gasteiger partial charge in [0.25, 0.3) is 0 Å². The molecule has 150 valence electrons. The van der Waals surface area contributed by atoms with Crippen LogP contribution in [-0.4, -0.2) is 0 Å². The largest absolute Gasteiger partial charge is 0.416 e. The summed E-state index contributed by atoms with van der Waals surface area (Å²) < 4.78 is 53.0. The zero-order valence-electron chi connectivity index (χ0n) is 16.1. The number of rotatable bonds is 2. The van der Waals surface area contributed by atoms with Crippen molar-refractivity contribution in [2.75, 3.05) is 0 Å². The molecule has 0 spiro atoms. The Bertz CT molecular complexity index is 821. The van der Waals surface area contributed by atoms with Gasteiger partial charge in [-0.1, -0.05) is 37.6 Å². The average molecular weight is 390 g/mol. The number of fused-ring (bicyclic) bond motifs is 1. The Balaban J connectivity index is 1.50. The molecule has 2 aromatic rings. The first-order chi connectivity index (χ1) is 13.3. The van der Waals surface area contributed by atoms with Gasteiger partial charge >= 0.3 is 6.18 Å². The van der Waals surface area contributed by atoms with Crippen LogP contribution in [0.5, 0.6) is 0 Å². The first kappa shape index (κ1) is 19.5. The maximum Gasteiger partial charge on any atom is 0.416 e. The Morgan fingerprint density at radius 3 is 2.18 bits per heavy atom. The van der Waals surface area contributed by atoms with Crippen molar-refractivity contribution in [3.8, 4) is 11.1 Å². The molecule has 0 aromatic heterocycles. The highest BCUT2D eigenvalue weighted by Crippen LogP contribution is 2.47. The molecule has 0 radical (unpaired) electrons. The smallest absolute Gasteiger partial charge is 0.206 e. The topological polar surface area (TPSA) is 0 Å². The molecule has 2 aliphatic carbocycles. The van der Waals surface area contributed by atoms with Gasteiger partial charge in [-0.15, -0.1) is 0 Å². The van der Waals surface area contributed by atoms with Crippen molar-refractivity contribution < 1.29 is 17.6 Å². The van der Waals surface area contributed by atoms with Gasteiger partial charge in [-0.25, -0.2) is 4.39 Å². The highest BCUT2D eigenvalue weighted by atomic mass is 19.4. The van der Waals surface area contributed by atoms with E-state index in [1.54, 1.807) is 12.1 Å². The van der Waals surface area contributed by atoms with Crippen LogP contribution in [0, 0.1) is 23.6 Å². The van der Waals surface area contributed by atoms with E-state index in [-0.39, 0.29) is 5.82 Å². The summed E-state index contributed by atoms with van der Waals surface area (Å²) in [6.07, 6.45) is 3.00. The molecule has 2 saturated carbocycles. The Hall–Kier alpha value is -1.84. The quantitative estimate of drug-likeness (QED) is 0.458. The molecule has 2 aromatic carbocycles. The van der Waals surface area contributed by atoms with Gasteiger partial charge in [0.2, 0.25) is 0 Å². The molecule has 4 atom stereocenters. The number of hydrogen-bond donors (Lipinski definition) is 0. The van der Waals surface area contributed by atoms with Crippen molar-refractivity contribution >= 4 is 0 Å². The van der Waals surface area contributed by atoms with Crippen molar-refractivity contribution in [1.82, 2.24) is 0 Å². The van der Waals surface area contributed by atoms with E-state index in [4.69, 9.17) is 0 Å². The van der Waals surface area contributed by atoms with E-state index in [1.807, 2.05) is 6.07 Å². The van der Waals surface area contributed by atoms with Crippen LogP contribution in [0.4, 0.5) is 17.6 Å². The fourth-order valence-electron chi connectivity index (χ4n) is 5.28. The van der Waals surface area contributed by atoms with Crippen LogP contribution < -0.4 is 0 Å². The fraction of sp³-hybridized carbons (Fsp3) is 0.500. The number of halogens is 4. The Labute approximate surface area is 164 Å². The molecule has 0 bridgehead atoms. The van der Waals surface area contributed by atoms with E-state index >= 15 is 0 Å². The first-order valence-electron chi connectivity index (χ1n) is 10.3. The highest BCUT2D eigenvalue weighted by molar-refractivity contribution is 5.65. The lowest BCUT2D eigenvalue weighted by atomic mass is 9.64. The minimum Gasteiger partial charge on any atom is -0.206 e. The molecule has 4 heteroatoms. The van der Waals surface area contributed by atoms with Gasteiger partial charge in [0.15, 0.2) is 0 Å². The third-order valence-electron chi connectivity index (χ3n) is 6.86. The van der Waals surface area contributed by atoms with Crippen molar-refractivity contribution in [3.63, 3.8) is 0 Å². The molecule has 0 heterocycles. The summed E-state index contributed by atoms with van der Waals surface area (Å²) in [7, 11) is 0. The van der Waals surface area contributed by atoms with Gasteiger partial charge < -0.3 is 0 Å². The standard InChI is InChI=1S/C24H26F4/c1-15-2-3-18-13-19(5-4-17(18)12-15)20-8-11-22(23(25)14-20)16-6-9-21(10-7-16)24(26,27)28/h6-11,14-15,17-19H,2-5,12-13H2,1H3/t15?,17-,18-,19-/m1/s1. The SMILES string of the molecule is CC1CC[C@@H]2C[C@H](c3ccc(-c4ccc(C(F)(F)F)cc4)c(F)c3)CC[C@@H]2C1. The maximum absolute atomic E-state index is 14.8. The minimum absolute atomic E-state index is 0.350. The molecule has 0 aliphatic heterocycles. The van der Waals surface area contributed by atoms with Gasteiger partial charge in [0, 0.05) is 5.56 Å². The summed E-state index contributed by atoms with van der Waals surface area (Å²) in [5, 5.41) is 0. The summed E-state index contributed by atoms with van der Waals surface area (Å²) in [4.78, 5) is 0. The molecule has 2 fully saturated rings.